The maximum absolute atomic E-state index is 13.1. The number of carbonyl (C=O) groups is 2. The van der Waals surface area contributed by atoms with E-state index in [2.05, 4.69) is 5.32 Å². The minimum atomic E-state index is -0.325. The molecule has 0 bridgehead atoms. The third kappa shape index (κ3) is 3.54. The first kappa shape index (κ1) is 19.7. The van der Waals surface area contributed by atoms with E-state index in [1.54, 1.807) is 28.6 Å². The SMILES string of the molecule is C[C@H](NC(=O)c1c2n(c(=O)n1C)CCN(C(=O)c1ccccc1)C2)c1ccccc1. The number of aromatic nitrogens is 2. The maximum Gasteiger partial charge on any atom is 0.328 e. The molecular weight excluding hydrogens is 380 g/mol. The highest BCUT2D eigenvalue weighted by Crippen LogP contribution is 2.19. The predicted octanol–water partition coefficient (Wildman–Crippen LogP) is 2.33. The van der Waals surface area contributed by atoms with Gasteiger partial charge in [-0.05, 0) is 24.6 Å². The van der Waals surface area contributed by atoms with E-state index < -0.39 is 0 Å². The van der Waals surface area contributed by atoms with Crippen LogP contribution in [-0.4, -0.2) is 32.4 Å². The van der Waals surface area contributed by atoms with Crippen molar-refractivity contribution in [3.8, 4) is 0 Å². The van der Waals surface area contributed by atoms with Crippen LogP contribution in [0.25, 0.3) is 0 Å². The molecule has 3 aromatic rings. The Hall–Kier alpha value is -3.61. The molecule has 154 valence electrons. The molecule has 0 aliphatic carbocycles. The van der Waals surface area contributed by atoms with E-state index in [9.17, 15) is 14.4 Å². The van der Waals surface area contributed by atoms with Gasteiger partial charge in [-0.1, -0.05) is 48.5 Å². The van der Waals surface area contributed by atoms with Crippen molar-refractivity contribution in [1.29, 1.82) is 0 Å². The van der Waals surface area contributed by atoms with Gasteiger partial charge in [-0.2, -0.15) is 0 Å². The van der Waals surface area contributed by atoms with E-state index in [0.717, 1.165) is 5.56 Å². The van der Waals surface area contributed by atoms with Crippen molar-refractivity contribution in [2.24, 2.45) is 7.05 Å². The molecule has 1 aliphatic heterocycles. The zero-order valence-corrected chi connectivity index (χ0v) is 17.0. The number of nitrogens with zero attached hydrogens (tertiary/aromatic N) is 3. The van der Waals surface area contributed by atoms with Gasteiger partial charge in [-0.3, -0.25) is 18.7 Å². The van der Waals surface area contributed by atoms with Crippen molar-refractivity contribution in [1.82, 2.24) is 19.4 Å². The van der Waals surface area contributed by atoms with Crippen LogP contribution in [0.5, 0.6) is 0 Å². The van der Waals surface area contributed by atoms with Crippen LogP contribution in [0.15, 0.2) is 65.5 Å². The van der Waals surface area contributed by atoms with Crippen LogP contribution in [0.1, 0.15) is 45.1 Å². The van der Waals surface area contributed by atoms with Gasteiger partial charge in [0.1, 0.15) is 5.69 Å². The number of hydrogen-bond donors (Lipinski definition) is 1. The summed E-state index contributed by atoms with van der Waals surface area (Å²) in [5, 5.41) is 2.98. The lowest BCUT2D eigenvalue weighted by Gasteiger charge is -2.28. The van der Waals surface area contributed by atoms with Crippen molar-refractivity contribution in [2.75, 3.05) is 6.54 Å². The van der Waals surface area contributed by atoms with Gasteiger partial charge < -0.3 is 10.2 Å². The Morgan fingerprint density at radius 3 is 2.27 bits per heavy atom. The summed E-state index contributed by atoms with van der Waals surface area (Å²) in [6.45, 7) is 2.90. The molecule has 7 nitrogen and oxygen atoms in total. The minimum Gasteiger partial charge on any atom is -0.344 e. The van der Waals surface area contributed by atoms with Crippen molar-refractivity contribution in [2.45, 2.75) is 26.1 Å². The molecule has 0 spiro atoms. The Morgan fingerprint density at radius 1 is 0.967 bits per heavy atom. The summed E-state index contributed by atoms with van der Waals surface area (Å²) in [7, 11) is 1.60. The molecule has 2 amide bonds. The number of carbonyl (C=O) groups excluding carboxylic acids is 2. The van der Waals surface area contributed by atoms with Gasteiger partial charge in [0, 0.05) is 25.7 Å². The molecule has 0 radical (unpaired) electrons. The van der Waals surface area contributed by atoms with Crippen LogP contribution in [0.4, 0.5) is 0 Å². The zero-order chi connectivity index (χ0) is 21.3. The Balaban J connectivity index is 1.61. The second-order valence-electron chi connectivity index (χ2n) is 7.49. The first-order chi connectivity index (χ1) is 14.5. The molecular formula is C23H24N4O3. The van der Waals surface area contributed by atoms with Gasteiger partial charge in [-0.25, -0.2) is 4.79 Å². The summed E-state index contributed by atoms with van der Waals surface area (Å²) in [6.07, 6.45) is 0. The highest BCUT2D eigenvalue weighted by Gasteiger charge is 2.30. The molecule has 1 aromatic heterocycles. The molecule has 0 saturated heterocycles. The molecule has 1 N–H and O–H groups in total. The van der Waals surface area contributed by atoms with Crippen molar-refractivity contribution >= 4 is 11.8 Å². The first-order valence-corrected chi connectivity index (χ1v) is 9.96. The molecule has 2 heterocycles. The van der Waals surface area contributed by atoms with Crippen LogP contribution in [0.2, 0.25) is 0 Å². The van der Waals surface area contributed by atoms with Gasteiger partial charge in [0.05, 0.1) is 18.3 Å². The lowest BCUT2D eigenvalue weighted by Crippen LogP contribution is -2.41. The standard InChI is InChI=1S/C23H24N4O3/c1-16(17-9-5-3-6-10-17)24-21(28)20-19-15-26(13-14-27(19)23(30)25(20)2)22(29)18-11-7-4-8-12-18/h3-12,16H,13-15H2,1-2H3,(H,24,28)/t16-/m0/s1. The van der Waals surface area contributed by atoms with E-state index >= 15 is 0 Å². The second kappa shape index (κ2) is 8.02. The highest BCUT2D eigenvalue weighted by molar-refractivity contribution is 5.96. The average Bonchev–Trinajstić information content (AvgIpc) is 3.04. The number of fused-ring (bicyclic) bond motifs is 1. The lowest BCUT2D eigenvalue weighted by atomic mass is 10.1. The summed E-state index contributed by atoms with van der Waals surface area (Å²) in [5.41, 5.74) is 2.19. The Kier molecular flexibility index (Phi) is 5.27. The normalized spacial score (nSPS) is 14.1. The Bertz CT molecular complexity index is 1130. The van der Waals surface area contributed by atoms with Crippen LogP contribution < -0.4 is 11.0 Å². The molecule has 1 atom stereocenters. The average molecular weight is 404 g/mol. The van der Waals surface area contributed by atoms with Gasteiger partial charge in [0.2, 0.25) is 0 Å². The monoisotopic (exact) mass is 404 g/mol. The third-order valence-electron chi connectivity index (χ3n) is 5.56. The van der Waals surface area contributed by atoms with Gasteiger partial charge in [0.15, 0.2) is 0 Å². The Labute approximate surface area is 174 Å². The fourth-order valence-electron chi connectivity index (χ4n) is 3.90. The number of rotatable bonds is 4. The topological polar surface area (TPSA) is 76.3 Å². The number of hydrogen-bond acceptors (Lipinski definition) is 3. The largest absolute Gasteiger partial charge is 0.344 e. The molecule has 7 heteroatoms. The summed E-state index contributed by atoms with van der Waals surface area (Å²) in [4.78, 5) is 40.3. The first-order valence-electron chi connectivity index (χ1n) is 9.96. The van der Waals surface area contributed by atoms with Crippen LogP contribution in [0, 0.1) is 0 Å². The van der Waals surface area contributed by atoms with Crippen LogP contribution in [0.3, 0.4) is 0 Å². The van der Waals surface area contributed by atoms with E-state index in [0.29, 0.717) is 30.0 Å². The van der Waals surface area contributed by atoms with Gasteiger partial charge in [-0.15, -0.1) is 0 Å². The molecule has 1 aliphatic rings. The summed E-state index contributed by atoms with van der Waals surface area (Å²) < 4.78 is 2.97. The molecule has 4 rings (SSSR count). The number of imidazole rings is 1. The van der Waals surface area contributed by atoms with Crippen LogP contribution >= 0.6 is 0 Å². The van der Waals surface area contributed by atoms with Crippen molar-refractivity contribution < 1.29 is 9.59 Å². The molecule has 30 heavy (non-hydrogen) atoms. The fraction of sp³-hybridized carbons (Fsp3) is 0.261. The highest BCUT2D eigenvalue weighted by atomic mass is 16.2. The van der Waals surface area contributed by atoms with Crippen molar-refractivity contribution in [3.63, 3.8) is 0 Å². The predicted molar refractivity (Wildman–Crippen MR) is 113 cm³/mol. The van der Waals surface area contributed by atoms with E-state index in [1.807, 2.05) is 55.5 Å². The Morgan fingerprint density at radius 2 is 1.60 bits per heavy atom. The van der Waals surface area contributed by atoms with Gasteiger partial charge >= 0.3 is 5.69 Å². The summed E-state index contributed by atoms with van der Waals surface area (Å²) >= 11 is 0. The molecule has 0 saturated carbocycles. The quantitative estimate of drug-likeness (QED) is 0.725. The maximum atomic E-state index is 13.1. The fourth-order valence-corrected chi connectivity index (χ4v) is 3.90. The number of amides is 2. The summed E-state index contributed by atoms with van der Waals surface area (Å²) in [5.74, 6) is -0.434. The number of benzene rings is 2. The number of nitrogens with one attached hydrogen (secondary N) is 1. The zero-order valence-electron chi connectivity index (χ0n) is 17.0. The molecule has 0 fully saturated rings. The van der Waals surface area contributed by atoms with E-state index in [4.69, 9.17) is 0 Å². The smallest absolute Gasteiger partial charge is 0.328 e. The minimum absolute atomic E-state index is 0.109. The summed E-state index contributed by atoms with van der Waals surface area (Å²) in [6, 6.07) is 18.5. The molecule has 2 aromatic carbocycles. The molecule has 0 unspecified atom stereocenters. The van der Waals surface area contributed by atoms with Crippen LogP contribution in [-0.2, 0) is 20.1 Å². The van der Waals surface area contributed by atoms with E-state index in [-0.39, 0.29) is 30.1 Å². The third-order valence-corrected chi connectivity index (χ3v) is 5.56. The second-order valence-corrected chi connectivity index (χ2v) is 7.49. The van der Waals surface area contributed by atoms with E-state index in [1.165, 1.54) is 4.57 Å². The van der Waals surface area contributed by atoms with Gasteiger partial charge in [0.25, 0.3) is 11.8 Å². The lowest BCUT2D eigenvalue weighted by molar-refractivity contribution is 0.0706. The van der Waals surface area contributed by atoms with Crippen molar-refractivity contribution in [3.05, 3.63) is 93.7 Å².